The average molecular weight is 221 g/mol. The van der Waals surface area contributed by atoms with Crippen LogP contribution in [0.3, 0.4) is 0 Å². The Morgan fingerprint density at radius 1 is 1.33 bits per heavy atom. The van der Waals surface area contributed by atoms with Crippen molar-refractivity contribution >= 4 is 23.5 Å². The van der Waals surface area contributed by atoms with Crippen molar-refractivity contribution in [2.24, 2.45) is 0 Å². The average Bonchev–Trinajstić information content (AvgIpc) is 2.55. The molecular weight excluding hydrogens is 206 g/mol. The van der Waals surface area contributed by atoms with Crippen LogP contribution >= 0.6 is 12.6 Å². The van der Waals surface area contributed by atoms with Crippen LogP contribution in [0.25, 0.3) is 10.9 Å². The minimum absolute atomic E-state index is 0.313. The molecule has 0 spiro atoms. The molecule has 0 aliphatic heterocycles. The van der Waals surface area contributed by atoms with Gasteiger partial charge in [0.05, 0.1) is 5.52 Å². The van der Waals surface area contributed by atoms with Gasteiger partial charge in [0.1, 0.15) is 5.75 Å². The first-order chi connectivity index (χ1) is 7.13. The van der Waals surface area contributed by atoms with E-state index < -0.39 is 0 Å². The number of hydrogen-bond donors (Lipinski definition) is 2. The Morgan fingerprint density at radius 3 is 2.67 bits per heavy atom. The fourth-order valence-corrected chi connectivity index (χ4v) is 2.24. The molecule has 15 heavy (non-hydrogen) atoms. The van der Waals surface area contributed by atoms with Crippen LogP contribution in [0, 0.1) is 0 Å². The number of aromatic nitrogens is 1. The van der Waals surface area contributed by atoms with Gasteiger partial charge < -0.3 is 9.67 Å². The lowest BCUT2D eigenvalue weighted by Crippen LogP contribution is -2.03. The second-order valence-electron chi connectivity index (χ2n) is 4.00. The third-order valence-electron chi connectivity index (χ3n) is 2.58. The smallest absolute Gasteiger partial charge is 0.117 e. The summed E-state index contributed by atoms with van der Waals surface area (Å²) in [6.07, 6.45) is 0. The highest BCUT2D eigenvalue weighted by molar-refractivity contribution is 7.79. The maximum Gasteiger partial charge on any atom is 0.117 e. The molecular formula is C12H15NOS. The van der Waals surface area contributed by atoms with Crippen LogP contribution in [0.4, 0.5) is 0 Å². The Hall–Kier alpha value is -1.09. The van der Waals surface area contributed by atoms with E-state index in [1.54, 1.807) is 6.07 Å². The number of thiol groups is 1. The van der Waals surface area contributed by atoms with Gasteiger partial charge >= 0.3 is 0 Å². The van der Waals surface area contributed by atoms with Crippen molar-refractivity contribution in [3.63, 3.8) is 0 Å². The van der Waals surface area contributed by atoms with Crippen molar-refractivity contribution in [3.8, 4) is 5.75 Å². The molecule has 0 atom stereocenters. The van der Waals surface area contributed by atoms with Crippen LogP contribution in [0.2, 0.25) is 0 Å². The summed E-state index contributed by atoms with van der Waals surface area (Å²) in [6, 6.07) is 7.97. The van der Waals surface area contributed by atoms with Gasteiger partial charge in [-0.05, 0) is 32.0 Å². The van der Waals surface area contributed by atoms with E-state index in [2.05, 4.69) is 37.1 Å². The fourth-order valence-electron chi connectivity index (χ4n) is 2.00. The maximum absolute atomic E-state index is 9.49. The third-order valence-corrected chi connectivity index (χ3v) is 2.91. The molecule has 0 aliphatic rings. The van der Waals surface area contributed by atoms with Crippen LogP contribution in [0.15, 0.2) is 24.3 Å². The van der Waals surface area contributed by atoms with Crippen molar-refractivity contribution in [1.82, 2.24) is 4.57 Å². The molecule has 0 unspecified atom stereocenters. The summed E-state index contributed by atoms with van der Waals surface area (Å²) in [6.45, 7) is 4.27. The number of rotatable bonds is 2. The van der Waals surface area contributed by atoms with Gasteiger partial charge in [0.25, 0.3) is 0 Å². The molecule has 1 aromatic carbocycles. The minimum atomic E-state index is 0.313. The molecule has 0 aliphatic carbocycles. The van der Waals surface area contributed by atoms with Crippen molar-refractivity contribution in [2.45, 2.75) is 25.6 Å². The van der Waals surface area contributed by atoms with Crippen LogP contribution in [0.5, 0.6) is 5.75 Å². The van der Waals surface area contributed by atoms with E-state index in [4.69, 9.17) is 0 Å². The molecule has 0 radical (unpaired) electrons. The Balaban J connectivity index is 2.76. The van der Waals surface area contributed by atoms with Crippen molar-refractivity contribution in [3.05, 3.63) is 30.0 Å². The zero-order valence-corrected chi connectivity index (χ0v) is 9.83. The maximum atomic E-state index is 9.49. The molecule has 0 fully saturated rings. The Kier molecular flexibility index (Phi) is 2.65. The third kappa shape index (κ3) is 1.72. The predicted molar refractivity (Wildman–Crippen MR) is 66.7 cm³/mol. The number of phenolic OH excluding ortho intramolecular Hbond substituents is 1. The highest BCUT2D eigenvalue weighted by Crippen LogP contribution is 2.27. The van der Waals surface area contributed by atoms with E-state index in [1.165, 1.54) is 5.69 Å². The highest BCUT2D eigenvalue weighted by atomic mass is 32.1. The first-order valence-electron chi connectivity index (χ1n) is 5.07. The van der Waals surface area contributed by atoms with Crippen molar-refractivity contribution in [2.75, 3.05) is 0 Å². The number of aromatic hydroxyl groups is 1. The van der Waals surface area contributed by atoms with E-state index in [-0.39, 0.29) is 0 Å². The number of phenols is 1. The molecule has 0 bridgehead atoms. The van der Waals surface area contributed by atoms with E-state index in [9.17, 15) is 5.11 Å². The highest BCUT2D eigenvalue weighted by Gasteiger charge is 2.10. The molecule has 0 amide bonds. The van der Waals surface area contributed by atoms with Gasteiger partial charge in [-0.1, -0.05) is 0 Å². The van der Waals surface area contributed by atoms with Gasteiger partial charge in [0.15, 0.2) is 0 Å². The van der Waals surface area contributed by atoms with Gasteiger partial charge in [-0.15, -0.1) is 0 Å². The number of benzene rings is 1. The van der Waals surface area contributed by atoms with Crippen molar-refractivity contribution < 1.29 is 5.11 Å². The predicted octanol–water partition coefficient (Wildman–Crippen LogP) is 3.36. The number of hydrogen-bond acceptors (Lipinski definition) is 2. The molecule has 1 N–H and O–H groups in total. The summed E-state index contributed by atoms with van der Waals surface area (Å²) in [5, 5.41) is 10.6. The van der Waals surface area contributed by atoms with E-state index in [0.29, 0.717) is 17.5 Å². The molecule has 0 saturated carbocycles. The monoisotopic (exact) mass is 221 g/mol. The molecule has 80 valence electrons. The summed E-state index contributed by atoms with van der Waals surface area (Å²) in [7, 11) is 0. The zero-order valence-electron chi connectivity index (χ0n) is 8.94. The summed E-state index contributed by atoms with van der Waals surface area (Å²) in [4.78, 5) is 0. The van der Waals surface area contributed by atoms with Gasteiger partial charge in [0, 0.05) is 28.9 Å². The van der Waals surface area contributed by atoms with Crippen LogP contribution in [-0.4, -0.2) is 9.67 Å². The van der Waals surface area contributed by atoms with Gasteiger partial charge in [-0.2, -0.15) is 12.6 Å². The molecule has 2 rings (SSSR count). The minimum Gasteiger partial charge on any atom is -0.508 e. The normalized spacial score (nSPS) is 11.5. The summed E-state index contributed by atoms with van der Waals surface area (Å²) in [5.41, 5.74) is 2.27. The Bertz CT molecular complexity index is 488. The van der Waals surface area contributed by atoms with Crippen LogP contribution in [0.1, 0.15) is 25.6 Å². The fraction of sp³-hybridized carbons (Fsp3) is 0.333. The standard InChI is InChI=1S/C12H15NOS/c1-8(2)13-10(7-15)5-9-3-4-11(14)6-12(9)13/h3-6,8,14-15H,7H2,1-2H3. The molecule has 0 saturated heterocycles. The Morgan fingerprint density at radius 2 is 2.07 bits per heavy atom. The lowest BCUT2D eigenvalue weighted by molar-refractivity contribution is 0.475. The first-order valence-corrected chi connectivity index (χ1v) is 5.70. The Labute approximate surface area is 94.9 Å². The van der Waals surface area contributed by atoms with E-state index in [1.807, 2.05) is 12.1 Å². The van der Waals surface area contributed by atoms with Gasteiger partial charge in [0.2, 0.25) is 0 Å². The topological polar surface area (TPSA) is 25.2 Å². The molecule has 3 heteroatoms. The first kappa shape index (κ1) is 10.4. The van der Waals surface area contributed by atoms with Gasteiger partial charge in [-0.3, -0.25) is 0 Å². The zero-order chi connectivity index (χ0) is 11.0. The number of fused-ring (bicyclic) bond motifs is 1. The largest absolute Gasteiger partial charge is 0.508 e. The van der Waals surface area contributed by atoms with Gasteiger partial charge in [-0.25, -0.2) is 0 Å². The van der Waals surface area contributed by atoms with Crippen LogP contribution in [-0.2, 0) is 5.75 Å². The van der Waals surface area contributed by atoms with E-state index in [0.717, 1.165) is 10.9 Å². The summed E-state index contributed by atoms with van der Waals surface area (Å²) in [5.74, 6) is 1.03. The second kappa shape index (κ2) is 3.81. The molecule has 1 aromatic heterocycles. The van der Waals surface area contributed by atoms with E-state index >= 15 is 0 Å². The van der Waals surface area contributed by atoms with Crippen molar-refractivity contribution in [1.29, 1.82) is 0 Å². The lowest BCUT2D eigenvalue weighted by atomic mass is 10.2. The molecule has 2 nitrogen and oxygen atoms in total. The summed E-state index contributed by atoms with van der Waals surface area (Å²) < 4.78 is 2.21. The number of nitrogens with zero attached hydrogens (tertiary/aromatic N) is 1. The second-order valence-corrected chi connectivity index (χ2v) is 4.32. The van der Waals surface area contributed by atoms with Crippen LogP contribution < -0.4 is 0 Å². The quantitative estimate of drug-likeness (QED) is 0.747. The lowest BCUT2D eigenvalue weighted by Gasteiger charge is -2.13. The molecule has 2 aromatic rings. The SMILES string of the molecule is CC(C)n1c(CS)cc2ccc(O)cc21. The summed E-state index contributed by atoms with van der Waals surface area (Å²) >= 11 is 4.33. The molecule has 1 heterocycles.